The molecule has 2 atom stereocenters. The first-order chi connectivity index (χ1) is 10.4. The number of aromatic nitrogens is 2. The van der Waals surface area contributed by atoms with Crippen LogP contribution in [0.15, 0.2) is 36.8 Å². The number of benzene rings is 1. The second kappa shape index (κ2) is 5.53. The Morgan fingerprint density at radius 3 is 3.14 bits per heavy atom. The molecule has 2 aliphatic heterocycles. The molecule has 3 heterocycles. The zero-order valence-electron chi connectivity index (χ0n) is 12.2. The van der Waals surface area contributed by atoms with Gasteiger partial charge in [-0.05, 0) is 31.0 Å². The van der Waals surface area contributed by atoms with Gasteiger partial charge in [-0.3, -0.25) is 0 Å². The lowest BCUT2D eigenvalue weighted by Gasteiger charge is -2.24. The molecule has 4 heteroatoms. The highest BCUT2D eigenvalue weighted by Crippen LogP contribution is 2.30. The van der Waals surface area contributed by atoms with E-state index in [2.05, 4.69) is 33.1 Å². The Kier molecular flexibility index (Phi) is 3.39. The molecule has 1 aromatic carbocycles. The number of rotatable bonds is 3. The number of nitrogens with zero attached hydrogens (tertiary/aromatic N) is 2. The highest BCUT2D eigenvalue weighted by Gasteiger charge is 2.25. The van der Waals surface area contributed by atoms with Crippen molar-refractivity contribution in [2.75, 3.05) is 13.1 Å². The summed E-state index contributed by atoms with van der Waals surface area (Å²) >= 11 is 0. The van der Waals surface area contributed by atoms with Gasteiger partial charge in [0, 0.05) is 30.8 Å². The van der Waals surface area contributed by atoms with Crippen molar-refractivity contribution in [3.05, 3.63) is 48.0 Å². The van der Waals surface area contributed by atoms with Crippen LogP contribution < -0.4 is 10.1 Å². The van der Waals surface area contributed by atoms with Crippen LogP contribution in [-0.2, 0) is 13.0 Å². The SMILES string of the molecule is c1ccc2c(c1)CC(Cn1cncc1C1CCCNC1)O2. The van der Waals surface area contributed by atoms with Gasteiger partial charge in [0.25, 0.3) is 0 Å². The van der Waals surface area contributed by atoms with E-state index in [4.69, 9.17) is 4.74 Å². The summed E-state index contributed by atoms with van der Waals surface area (Å²) in [6.07, 6.45) is 7.71. The van der Waals surface area contributed by atoms with Crippen molar-refractivity contribution in [1.29, 1.82) is 0 Å². The predicted molar refractivity (Wildman–Crippen MR) is 81.6 cm³/mol. The fraction of sp³-hybridized carbons (Fsp3) is 0.471. The summed E-state index contributed by atoms with van der Waals surface area (Å²) < 4.78 is 8.34. The molecule has 1 N–H and O–H groups in total. The molecule has 21 heavy (non-hydrogen) atoms. The molecule has 0 bridgehead atoms. The largest absolute Gasteiger partial charge is 0.488 e. The third-order valence-electron chi connectivity index (χ3n) is 4.57. The average Bonchev–Trinajstić information content (AvgIpc) is 3.14. The quantitative estimate of drug-likeness (QED) is 0.940. The van der Waals surface area contributed by atoms with Gasteiger partial charge in [0.05, 0.1) is 12.9 Å². The van der Waals surface area contributed by atoms with Crippen LogP contribution in [0.25, 0.3) is 0 Å². The van der Waals surface area contributed by atoms with Crippen molar-refractivity contribution in [3.8, 4) is 5.75 Å². The van der Waals surface area contributed by atoms with Crippen molar-refractivity contribution >= 4 is 0 Å². The lowest BCUT2D eigenvalue weighted by molar-refractivity contribution is 0.206. The van der Waals surface area contributed by atoms with E-state index in [-0.39, 0.29) is 6.10 Å². The van der Waals surface area contributed by atoms with Crippen molar-refractivity contribution in [1.82, 2.24) is 14.9 Å². The molecule has 1 aromatic heterocycles. The second-order valence-corrected chi connectivity index (χ2v) is 6.07. The number of para-hydroxylation sites is 1. The molecule has 1 saturated heterocycles. The molecule has 0 spiro atoms. The zero-order valence-corrected chi connectivity index (χ0v) is 12.2. The highest BCUT2D eigenvalue weighted by atomic mass is 16.5. The maximum atomic E-state index is 6.06. The van der Waals surface area contributed by atoms with E-state index in [1.807, 2.05) is 18.6 Å². The summed E-state index contributed by atoms with van der Waals surface area (Å²) in [5.41, 5.74) is 2.67. The molecule has 0 radical (unpaired) electrons. The van der Waals surface area contributed by atoms with Gasteiger partial charge in [-0.15, -0.1) is 0 Å². The van der Waals surface area contributed by atoms with E-state index < -0.39 is 0 Å². The minimum absolute atomic E-state index is 0.229. The highest BCUT2D eigenvalue weighted by molar-refractivity contribution is 5.37. The number of nitrogens with one attached hydrogen (secondary N) is 1. The van der Waals surface area contributed by atoms with Gasteiger partial charge < -0.3 is 14.6 Å². The van der Waals surface area contributed by atoms with Crippen molar-refractivity contribution in [2.45, 2.75) is 37.8 Å². The predicted octanol–water partition coefficient (Wildman–Crippen LogP) is 2.35. The smallest absolute Gasteiger partial charge is 0.123 e. The lowest BCUT2D eigenvalue weighted by Crippen LogP contribution is -2.30. The number of hydrogen-bond donors (Lipinski definition) is 1. The van der Waals surface area contributed by atoms with Crippen LogP contribution in [0.2, 0.25) is 0 Å². The first-order valence-corrected chi connectivity index (χ1v) is 7.85. The molecular formula is C17H21N3O. The van der Waals surface area contributed by atoms with Crippen LogP contribution >= 0.6 is 0 Å². The lowest BCUT2D eigenvalue weighted by atomic mass is 9.96. The number of piperidine rings is 1. The van der Waals surface area contributed by atoms with Gasteiger partial charge in [0.15, 0.2) is 0 Å². The van der Waals surface area contributed by atoms with Gasteiger partial charge >= 0.3 is 0 Å². The molecule has 0 amide bonds. The van der Waals surface area contributed by atoms with Gasteiger partial charge in [0.2, 0.25) is 0 Å². The molecule has 0 aliphatic carbocycles. The van der Waals surface area contributed by atoms with Crippen LogP contribution in [0.1, 0.15) is 30.0 Å². The Bertz CT molecular complexity index is 591. The molecular weight excluding hydrogens is 262 g/mol. The number of ether oxygens (including phenoxy) is 1. The maximum Gasteiger partial charge on any atom is 0.123 e. The monoisotopic (exact) mass is 283 g/mol. The van der Waals surface area contributed by atoms with E-state index >= 15 is 0 Å². The Balaban J connectivity index is 1.48. The minimum atomic E-state index is 0.229. The Hall–Kier alpha value is -1.81. The molecule has 4 nitrogen and oxygen atoms in total. The summed E-state index contributed by atoms with van der Waals surface area (Å²) in [5, 5.41) is 3.49. The van der Waals surface area contributed by atoms with Gasteiger partial charge in [-0.1, -0.05) is 18.2 Å². The summed E-state index contributed by atoms with van der Waals surface area (Å²) in [5.74, 6) is 1.63. The molecule has 110 valence electrons. The van der Waals surface area contributed by atoms with E-state index in [0.717, 1.165) is 31.8 Å². The van der Waals surface area contributed by atoms with Crippen molar-refractivity contribution in [3.63, 3.8) is 0 Å². The molecule has 2 aromatic rings. The summed E-state index contributed by atoms with van der Waals surface area (Å²) in [6, 6.07) is 8.35. The first-order valence-electron chi connectivity index (χ1n) is 7.85. The van der Waals surface area contributed by atoms with Crippen LogP contribution in [-0.4, -0.2) is 28.7 Å². The second-order valence-electron chi connectivity index (χ2n) is 6.07. The number of imidazole rings is 1. The topological polar surface area (TPSA) is 39.1 Å². The van der Waals surface area contributed by atoms with Crippen LogP contribution in [0, 0.1) is 0 Å². The molecule has 2 aliphatic rings. The molecule has 0 saturated carbocycles. The van der Waals surface area contributed by atoms with Crippen LogP contribution in [0.4, 0.5) is 0 Å². The van der Waals surface area contributed by atoms with Crippen molar-refractivity contribution < 1.29 is 4.74 Å². The average molecular weight is 283 g/mol. The van der Waals surface area contributed by atoms with E-state index in [9.17, 15) is 0 Å². The van der Waals surface area contributed by atoms with Gasteiger partial charge in [-0.2, -0.15) is 0 Å². The van der Waals surface area contributed by atoms with Gasteiger partial charge in [0.1, 0.15) is 11.9 Å². The molecule has 4 rings (SSSR count). The van der Waals surface area contributed by atoms with Crippen molar-refractivity contribution in [2.24, 2.45) is 0 Å². The van der Waals surface area contributed by atoms with E-state index in [1.165, 1.54) is 24.1 Å². The fourth-order valence-electron chi connectivity index (χ4n) is 3.50. The Morgan fingerprint density at radius 1 is 1.33 bits per heavy atom. The summed E-state index contributed by atoms with van der Waals surface area (Å²) in [7, 11) is 0. The standard InChI is InChI=1S/C17H21N3O/c1-2-6-17-13(4-1)8-15(21-17)11-20-12-19-10-16(20)14-5-3-7-18-9-14/h1-2,4,6,10,12,14-15,18H,3,5,7-9,11H2. The minimum Gasteiger partial charge on any atom is -0.488 e. The third kappa shape index (κ3) is 2.56. The number of hydrogen-bond acceptors (Lipinski definition) is 3. The normalized spacial score (nSPS) is 24.6. The summed E-state index contributed by atoms with van der Waals surface area (Å²) in [4.78, 5) is 4.37. The Labute approximate surface area is 125 Å². The van der Waals surface area contributed by atoms with Gasteiger partial charge in [-0.25, -0.2) is 4.98 Å². The third-order valence-corrected chi connectivity index (χ3v) is 4.57. The maximum absolute atomic E-state index is 6.06. The first kappa shape index (κ1) is 12.9. The number of fused-ring (bicyclic) bond motifs is 1. The Morgan fingerprint density at radius 2 is 2.29 bits per heavy atom. The summed E-state index contributed by atoms with van der Waals surface area (Å²) in [6.45, 7) is 3.10. The van der Waals surface area contributed by atoms with E-state index in [1.54, 1.807) is 0 Å². The van der Waals surface area contributed by atoms with E-state index in [0.29, 0.717) is 5.92 Å². The molecule has 1 fully saturated rings. The molecule has 2 unspecified atom stereocenters. The van der Waals surface area contributed by atoms with Crippen LogP contribution in [0.3, 0.4) is 0 Å². The zero-order chi connectivity index (χ0) is 14.1. The van der Waals surface area contributed by atoms with Crippen LogP contribution in [0.5, 0.6) is 5.75 Å². The fourth-order valence-corrected chi connectivity index (χ4v) is 3.50.